The van der Waals surface area contributed by atoms with Crippen LogP contribution in [0, 0.1) is 12.2 Å². The van der Waals surface area contributed by atoms with E-state index < -0.39 is 0 Å². The third-order valence-corrected chi connectivity index (χ3v) is 10.4. The molecule has 0 atom stereocenters. The summed E-state index contributed by atoms with van der Waals surface area (Å²) < 4.78 is 0. The molecule has 0 amide bonds. The van der Waals surface area contributed by atoms with Crippen molar-refractivity contribution in [1.29, 1.82) is 0 Å². The maximum Gasteiger partial charge on any atom is 0.134 e. The van der Waals surface area contributed by atoms with Crippen LogP contribution in [0.3, 0.4) is 0 Å². The van der Waals surface area contributed by atoms with Crippen molar-refractivity contribution in [2.75, 3.05) is 0 Å². The molecule has 0 aromatic heterocycles. The molecule has 0 radical (unpaired) electrons. The molecule has 0 N–H and O–H groups in total. The van der Waals surface area contributed by atoms with E-state index in [2.05, 4.69) is 192 Å². The molecule has 7 rings (SSSR count). The number of rotatable bonds is 2. The van der Waals surface area contributed by atoms with E-state index in [1.807, 2.05) is 0 Å². The maximum absolute atomic E-state index is 5.15. The Balaban J connectivity index is 1.42. The number of nitrogens with zero attached hydrogens (tertiary/aromatic N) is 2. The van der Waals surface area contributed by atoms with Crippen molar-refractivity contribution in [3.05, 3.63) is 175 Å². The van der Waals surface area contributed by atoms with Gasteiger partial charge in [0.2, 0.25) is 0 Å². The minimum atomic E-state index is 0.00725. The summed E-state index contributed by atoms with van der Waals surface area (Å²) in [6.07, 6.45) is 7.83. The number of hydrogen-bond acceptors (Lipinski definition) is 0. The lowest BCUT2D eigenvalue weighted by atomic mass is 9.80. The highest BCUT2D eigenvalue weighted by molar-refractivity contribution is 6.01. The highest BCUT2D eigenvalue weighted by Gasteiger charge is 2.28. The molecular weight excluding hydrogens is 629 g/mol. The first-order chi connectivity index (χ1) is 24.3. The van der Waals surface area contributed by atoms with Crippen molar-refractivity contribution in [2.45, 2.75) is 105 Å². The monoisotopic (exact) mass is 680 g/mol. The van der Waals surface area contributed by atoms with Gasteiger partial charge < -0.3 is 10.6 Å². The van der Waals surface area contributed by atoms with Crippen LogP contribution in [0.25, 0.3) is 21.8 Å². The van der Waals surface area contributed by atoms with Crippen LogP contribution in [-0.2, 0) is 21.7 Å². The fourth-order valence-electron chi connectivity index (χ4n) is 6.98. The predicted molar refractivity (Wildman–Crippen MR) is 222 cm³/mol. The summed E-state index contributed by atoms with van der Waals surface area (Å²) in [6.45, 7) is 27.2. The molecule has 262 valence electrons. The van der Waals surface area contributed by atoms with Crippen LogP contribution in [0.4, 0.5) is 22.7 Å². The second kappa shape index (κ2) is 12.3. The first kappa shape index (κ1) is 35.4. The van der Waals surface area contributed by atoms with Gasteiger partial charge in [0, 0.05) is 58.7 Å². The highest BCUT2D eigenvalue weighted by atomic mass is 14.9. The molecule has 0 spiro atoms. The zero-order valence-electron chi connectivity index (χ0n) is 33.1. The van der Waals surface area contributed by atoms with Crippen molar-refractivity contribution < 1.29 is 0 Å². The Morgan fingerprint density at radius 2 is 0.615 bits per heavy atom. The van der Waals surface area contributed by atoms with E-state index in [-0.39, 0.29) is 21.7 Å². The molecule has 0 saturated heterocycles. The Kier molecular flexibility index (Phi) is 8.38. The molecule has 2 aliphatic rings. The van der Waals surface area contributed by atoms with E-state index in [0.29, 0.717) is 0 Å². The van der Waals surface area contributed by atoms with Gasteiger partial charge in [-0.3, -0.25) is 0 Å². The van der Waals surface area contributed by atoms with Gasteiger partial charge >= 0.3 is 0 Å². The lowest BCUT2D eigenvalue weighted by Crippen LogP contribution is -2.13. The molecule has 0 fully saturated rings. The summed E-state index contributed by atoms with van der Waals surface area (Å²) in [4.78, 5) is 0. The molecule has 0 bridgehead atoms. The van der Waals surface area contributed by atoms with Gasteiger partial charge in [-0.15, -0.1) is 0 Å². The summed E-state index contributed by atoms with van der Waals surface area (Å²) in [5.74, 6) is 0. The fourth-order valence-corrected chi connectivity index (χ4v) is 6.98. The molecule has 2 aliphatic heterocycles. The van der Waals surface area contributed by atoms with Crippen molar-refractivity contribution in [1.82, 2.24) is 0 Å². The van der Waals surface area contributed by atoms with Crippen molar-refractivity contribution in [2.24, 2.45) is 0 Å². The second-order valence-electron chi connectivity index (χ2n) is 18.7. The third kappa shape index (κ3) is 6.82. The van der Waals surface area contributed by atoms with E-state index in [1.165, 1.54) is 22.3 Å². The zero-order chi connectivity index (χ0) is 37.4. The average Bonchev–Trinajstić information content (AvgIpc) is 3.05. The Bertz CT molecular complexity index is 1980. The average molecular weight is 681 g/mol. The van der Waals surface area contributed by atoms with E-state index in [0.717, 1.165) is 67.3 Å². The summed E-state index contributed by atoms with van der Waals surface area (Å²) in [6, 6.07) is 35.5. The Morgan fingerprint density at radius 3 is 0.865 bits per heavy atom. The second-order valence-corrected chi connectivity index (χ2v) is 18.7. The van der Waals surface area contributed by atoms with Crippen molar-refractivity contribution >= 4 is 33.9 Å². The van der Waals surface area contributed by atoms with E-state index in [9.17, 15) is 0 Å². The minimum absolute atomic E-state index is 0.00725. The van der Waals surface area contributed by atoms with Gasteiger partial charge in [-0.1, -0.05) is 154 Å². The van der Waals surface area contributed by atoms with Gasteiger partial charge in [-0.2, -0.15) is 0 Å². The summed E-state index contributed by atoms with van der Waals surface area (Å²) in [5.41, 5.74) is 17.8. The van der Waals surface area contributed by atoms with Gasteiger partial charge in [0.05, 0.1) is 0 Å². The quantitative estimate of drug-likeness (QED) is 0.163. The van der Waals surface area contributed by atoms with Gasteiger partial charge in [0.25, 0.3) is 0 Å². The summed E-state index contributed by atoms with van der Waals surface area (Å²) in [5, 5.41) is 10.3. The zero-order valence-corrected chi connectivity index (χ0v) is 33.1. The molecule has 0 unspecified atom stereocenters. The molecule has 2 nitrogen and oxygen atoms in total. The standard InChI is InChI=1S/C50H52N2/c1-47(2,3)33-16-20-43-39(27-33)37(40-28-34(48(4,5)6)17-21-44(40)51-43)25-31-14-13-15-32(24-31)26-38-41-29-35(49(7,8)9)18-22-45(41)52-46-23-19-36(30-42(38)46)50(10,11)12/h13-24,27-30H,1-12H3. The molecule has 52 heavy (non-hydrogen) atoms. The van der Waals surface area contributed by atoms with E-state index in [1.54, 1.807) is 0 Å². The first-order valence-electron chi connectivity index (χ1n) is 18.7. The van der Waals surface area contributed by atoms with Crippen LogP contribution in [-0.4, -0.2) is 0 Å². The Labute approximate surface area is 313 Å². The molecule has 5 aromatic rings. The van der Waals surface area contributed by atoms with Crippen LogP contribution in [0.1, 0.15) is 139 Å². The van der Waals surface area contributed by atoms with Crippen LogP contribution in [0.2, 0.25) is 0 Å². The lowest BCUT2D eigenvalue weighted by Gasteiger charge is -2.34. The smallest absolute Gasteiger partial charge is 0.134 e. The van der Waals surface area contributed by atoms with Gasteiger partial charge in [0.1, 0.15) is 22.3 Å². The Hall–Kier alpha value is -5.00. The van der Waals surface area contributed by atoms with Gasteiger partial charge in [-0.05, 0) is 68.2 Å². The van der Waals surface area contributed by atoms with E-state index >= 15 is 0 Å². The molecule has 0 aliphatic carbocycles. The van der Waals surface area contributed by atoms with Crippen molar-refractivity contribution in [3.63, 3.8) is 0 Å². The number of benzene rings is 5. The molecule has 2 heteroatoms. The topological polar surface area (TPSA) is 28.2 Å². The van der Waals surface area contributed by atoms with Crippen LogP contribution in [0.15, 0.2) is 97.1 Å². The summed E-state index contributed by atoms with van der Waals surface area (Å²) in [7, 11) is 0. The largest absolute Gasteiger partial charge is 0.643 e. The molecule has 2 heterocycles. The number of fused-ring (bicyclic) bond motifs is 4. The van der Waals surface area contributed by atoms with E-state index in [4.69, 9.17) is 10.6 Å². The predicted octanol–water partition coefficient (Wildman–Crippen LogP) is 14.7. The van der Waals surface area contributed by atoms with Gasteiger partial charge in [-0.25, -0.2) is 0 Å². The van der Waals surface area contributed by atoms with Gasteiger partial charge in [0.15, 0.2) is 0 Å². The first-order valence-corrected chi connectivity index (χ1v) is 18.7. The fraction of sp³-hybridized carbons (Fsp3) is 0.320. The van der Waals surface area contributed by atoms with Crippen molar-refractivity contribution in [3.8, 4) is 0 Å². The molecule has 0 saturated carbocycles. The maximum atomic E-state index is 5.15. The third-order valence-electron chi connectivity index (χ3n) is 10.4. The lowest BCUT2D eigenvalue weighted by molar-refractivity contribution is 0.589. The van der Waals surface area contributed by atoms with Crippen LogP contribution >= 0.6 is 0 Å². The number of hydrogen-bond donors (Lipinski definition) is 0. The minimum Gasteiger partial charge on any atom is -0.643 e. The van der Waals surface area contributed by atoms with Crippen LogP contribution < -0.4 is 0 Å². The summed E-state index contributed by atoms with van der Waals surface area (Å²) >= 11 is 0. The van der Waals surface area contributed by atoms with Crippen LogP contribution in [0.5, 0.6) is 0 Å². The molecule has 5 aromatic carbocycles. The normalized spacial score (nSPS) is 13.8. The highest BCUT2D eigenvalue weighted by Crippen LogP contribution is 2.52. The molecular formula is C50H52N2. The SMILES string of the molecule is CC(C)(C)c1ccc2c(c1)C(=[C+]c1cccc([C+]=C3c4cc(C(C)(C)C)ccc4[N-]c4ccc(C(C)(C)C)cc43)c1)c1cc(C(C)(C)C)ccc1[N-]2. The Morgan fingerprint density at radius 1 is 0.346 bits per heavy atom.